The summed E-state index contributed by atoms with van der Waals surface area (Å²) in [6.45, 7) is 3.13. The molecule has 3 rings (SSSR count). The minimum atomic E-state index is -1.25. The van der Waals surface area contributed by atoms with Gasteiger partial charge in [-0.15, -0.1) is 0 Å². The number of allylic oxidation sites excluding steroid dienone is 2. The lowest BCUT2D eigenvalue weighted by molar-refractivity contribution is -0.133. The molecule has 3 N–H and O–H groups in total. The number of nitrogens with one attached hydrogen (secondary N) is 1. The van der Waals surface area contributed by atoms with E-state index < -0.39 is 23.7 Å². The van der Waals surface area contributed by atoms with Gasteiger partial charge in [-0.25, -0.2) is 14.0 Å². The highest BCUT2D eigenvalue weighted by Crippen LogP contribution is 2.45. The second-order valence-electron chi connectivity index (χ2n) is 7.04. The van der Waals surface area contributed by atoms with Crippen LogP contribution in [0.4, 0.5) is 4.39 Å². The Morgan fingerprint density at radius 3 is 2.19 bits per heavy atom. The average molecular weight is 427 g/mol. The maximum Gasteiger partial charge on any atom is 0.334 e. The predicted octanol–water partition coefficient (Wildman–Crippen LogP) is 3.82. The van der Waals surface area contributed by atoms with Crippen molar-refractivity contribution < 1.29 is 33.7 Å². The number of carbonyl (C=O) groups is 2. The maximum absolute atomic E-state index is 13.5. The Kier molecular flexibility index (Phi) is 6.29. The summed E-state index contributed by atoms with van der Waals surface area (Å²) < 4.78 is 24.9. The lowest BCUT2D eigenvalue weighted by Gasteiger charge is -2.30. The second-order valence-corrected chi connectivity index (χ2v) is 7.04. The van der Waals surface area contributed by atoms with E-state index in [2.05, 4.69) is 5.32 Å². The van der Waals surface area contributed by atoms with Gasteiger partial charge in [-0.2, -0.15) is 0 Å². The molecule has 8 heteroatoms. The number of carboxylic acids is 2. The SMILES string of the molecule is COc1cccc(C2C(C(=O)O)=C(C)NC(C)=C2C(=O)O)c1OCc1cccc(F)c1. The minimum Gasteiger partial charge on any atom is -0.493 e. The van der Waals surface area contributed by atoms with E-state index in [1.54, 1.807) is 44.2 Å². The molecule has 1 heterocycles. The van der Waals surface area contributed by atoms with Crippen molar-refractivity contribution in [1.29, 1.82) is 0 Å². The Morgan fingerprint density at radius 2 is 1.65 bits per heavy atom. The van der Waals surface area contributed by atoms with Crippen molar-refractivity contribution in [2.75, 3.05) is 7.11 Å². The molecular weight excluding hydrogens is 405 g/mol. The summed E-state index contributed by atoms with van der Waals surface area (Å²) in [4.78, 5) is 24.2. The number of hydrogen-bond donors (Lipinski definition) is 3. The molecule has 0 fully saturated rings. The van der Waals surface area contributed by atoms with Gasteiger partial charge in [0.15, 0.2) is 11.5 Å². The highest BCUT2D eigenvalue weighted by molar-refractivity contribution is 5.98. The number of hydrogen-bond acceptors (Lipinski definition) is 5. The first-order valence-electron chi connectivity index (χ1n) is 9.43. The molecule has 1 aliphatic heterocycles. The average Bonchev–Trinajstić information content (AvgIpc) is 2.70. The number of para-hydroxylation sites is 1. The summed E-state index contributed by atoms with van der Waals surface area (Å²) in [7, 11) is 1.43. The van der Waals surface area contributed by atoms with Crippen LogP contribution in [0.3, 0.4) is 0 Å². The van der Waals surface area contributed by atoms with Gasteiger partial charge >= 0.3 is 11.9 Å². The first-order chi connectivity index (χ1) is 14.7. The number of benzene rings is 2. The van der Waals surface area contributed by atoms with Crippen LogP contribution < -0.4 is 14.8 Å². The minimum absolute atomic E-state index is 0.0215. The van der Waals surface area contributed by atoms with E-state index in [9.17, 15) is 24.2 Å². The molecule has 0 aliphatic carbocycles. The summed E-state index contributed by atoms with van der Waals surface area (Å²) in [5.74, 6) is -3.52. The van der Waals surface area contributed by atoms with E-state index in [0.717, 1.165) is 0 Å². The molecule has 0 radical (unpaired) electrons. The highest BCUT2D eigenvalue weighted by atomic mass is 19.1. The van der Waals surface area contributed by atoms with Crippen LogP contribution in [-0.4, -0.2) is 29.3 Å². The van der Waals surface area contributed by atoms with Crippen LogP contribution in [0, 0.1) is 5.82 Å². The van der Waals surface area contributed by atoms with Crippen LogP contribution in [0.1, 0.15) is 30.9 Å². The van der Waals surface area contributed by atoms with E-state index in [1.165, 1.54) is 19.2 Å². The molecule has 2 aromatic rings. The molecular formula is C23H22FNO6. The Balaban J connectivity index is 2.16. The predicted molar refractivity (Wildman–Crippen MR) is 110 cm³/mol. The molecule has 0 bridgehead atoms. The summed E-state index contributed by atoms with van der Waals surface area (Å²) in [5, 5.41) is 22.5. The third-order valence-corrected chi connectivity index (χ3v) is 5.03. The van der Waals surface area contributed by atoms with Crippen molar-refractivity contribution in [3.8, 4) is 11.5 Å². The van der Waals surface area contributed by atoms with Crippen LogP contribution in [0.2, 0.25) is 0 Å². The number of aliphatic carboxylic acids is 2. The van der Waals surface area contributed by atoms with Crippen molar-refractivity contribution >= 4 is 11.9 Å². The quantitative estimate of drug-likeness (QED) is 0.617. The molecule has 0 unspecified atom stereocenters. The van der Waals surface area contributed by atoms with Crippen LogP contribution in [-0.2, 0) is 16.2 Å². The number of halogens is 1. The Morgan fingerprint density at radius 1 is 1.03 bits per heavy atom. The molecule has 0 aromatic heterocycles. The number of dihydropyridines is 1. The molecule has 0 spiro atoms. The van der Waals surface area contributed by atoms with Gasteiger partial charge < -0.3 is 25.0 Å². The number of methoxy groups -OCH3 is 1. The molecule has 0 saturated heterocycles. The van der Waals surface area contributed by atoms with Crippen LogP contribution in [0.25, 0.3) is 0 Å². The molecule has 0 amide bonds. The second kappa shape index (κ2) is 8.91. The van der Waals surface area contributed by atoms with Gasteiger partial charge in [-0.05, 0) is 37.6 Å². The molecule has 0 saturated carbocycles. The normalized spacial score (nSPS) is 14.3. The van der Waals surface area contributed by atoms with Crippen molar-refractivity contribution in [3.63, 3.8) is 0 Å². The van der Waals surface area contributed by atoms with E-state index in [-0.39, 0.29) is 23.5 Å². The lowest BCUT2D eigenvalue weighted by Crippen LogP contribution is -2.31. The fraction of sp³-hybridized carbons (Fsp3) is 0.217. The third-order valence-electron chi connectivity index (χ3n) is 5.03. The molecule has 1 aliphatic rings. The van der Waals surface area contributed by atoms with Crippen molar-refractivity contribution in [1.82, 2.24) is 5.32 Å². The van der Waals surface area contributed by atoms with E-state index in [1.807, 2.05) is 0 Å². The van der Waals surface area contributed by atoms with Gasteiger partial charge in [0, 0.05) is 17.0 Å². The Hall–Kier alpha value is -3.81. The number of carboxylic acid groups (broad SMARTS) is 2. The zero-order valence-corrected chi connectivity index (χ0v) is 17.2. The topological polar surface area (TPSA) is 105 Å². The monoisotopic (exact) mass is 427 g/mol. The smallest absolute Gasteiger partial charge is 0.334 e. The van der Waals surface area contributed by atoms with E-state index >= 15 is 0 Å². The number of ether oxygens (including phenoxy) is 2. The molecule has 0 atom stereocenters. The van der Waals surface area contributed by atoms with Crippen LogP contribution >= 0.6 is 0 Å². The highest BCUT2D eigenvalue weighted by Gasteiger charge is 2.38. The zero-order chi connectivity index (χ0) is 22.7. The largest absolute Gasteiger partial charge is 0.493 e. The summed E-state index contributed by atoms with van der Waals surface area (Å²) in [6, 6.07) is 10.7. The van der Waals surface area contributed by atoms with Gasteiger partial charge in [0.25, 0.3) is 0 Å². The molecule has 2 aromatic carbocycles. The summed E-state index contributed by atoms with van der Waals surface area (Å²) in [5.41, 5.74) is 1.33. The summed E-state index contributed by atoms with van der Waals surface area (Å²) in [6.07, 6.45) is 0. The van der Waals surface area contributed by atoms with Gasteiger partial charge in [-0.1, -0.05) is 24.3 Å². The Bertz CT molecular complexity index is 1070. The molecule has 31 heavy (non-hydrogen) atoms. The van der Waals surface area contributed by atoms with Crippen LogP contribution in [0.15, 0.2) is 65.0 Å². The lowest BCUT2D eigenvalue weighted by atomic mass is 9.80. The van der Waals surface area contributed by atoms with Gasteiger partial charge in [-0.3, -0.25) is 0 Å². The van der Waals surface area contributed by atoms with Gasteiger partial charge in [0.1, 0.15) is 12.4 Å². The first-order valence-corrected chi connectivity index (χ1v) is 9.43. The van der Waals surface area contributed by atoms with E-state index in [4.69, 9.17) is 9.47 Å². The standard InChI is InChI=1S/C23H22FNO6/c1-12-18(22(26)27)20(19(23(28)29)13(2)25-12)16-8-5-9-17(30-3)21(16)31-11-14-6-4-7-15(24)10-14/h4-10,20,25H,11H2,1-3H3,(H,26,27)(H,28,29). The van der Waals surface area contributed by atoms with Gasteiger partial charge in [0.2, 0.25) is 0 Å². The van der Waals surface area contributed by atoms with Crippen molar-refractivity contribution in [3.05, 3.63) is 81.9 Å². The first kappa shape index (κ1) is 21.9. The fourth-order valence-corrected chi connectivity index (χ4v) is 3.73. The van der Waals surface area contributed by atoms with Gasteiger partial charge in [0.05, 0.1) is 24.2 Å². The molecule has 7 nitrogen and oxygen atoms in total. The fourth-order valence-electron chi connectivity index (χ4n) is 3.73. The maximum atomic E-state index is 13.5. The third kappa shape index (κ3) is 4.37. The van der Waals surface area contributed by atoms with Crippen molar-refractivity contribution in [2.24, 2.45) is 0 Å². The van der Waals surface area contributed by atoms with Crippen molar-refractivity contribution in [2.45, 2.75) is 26.4 Å². The molecule has 162 valence electrons. The number of rotatable bonds is 7. The zero-order valence-electron chi connectivity index (χ0n) is 17.2. The Labute approximate surface area is 178 Å². The van der Waals surface area contributed by atoms with Crippen LogP contribution in [0.5, 0.6) is 11.5 Å². The summed E-state index contributed by atoms with van der Waals surface area (Å²) >= 11 is 0. The van der Waals surface area contributed by atoms with E-state index in [0.29, 0.717) is 28.3 Å².